The molecule has 0 rings (SSSR count). The first-order valence-electron chi connectivity index (χ1n) is 11.8. The second-order valence-electron chi connectivity index (χ2n) is 7.72. The SMILES string of the molecule is C=CCCCCCCCC(=O)OCCCCCCCCCCC(=O)OCCNC. The molecule has 5 nitrogen and oxygen atoms in total. The number of allylic oxidation sites excluding steroid dienone is 1. The van der Waals surface area contributed by atoms with Crippen molar-refractivity contribution in [3.8, 4) is 0 Å². The van der Waals surface area contributed by atoms with Crippen LogP contribution in [0, 0.1) is 0 Å². The van der Waals surface area contributed by atoms with E-state index in [9.17, 15) is 9.59 Å². The molecule has 29 heavy (non-hydrogen) atoms. The van der Waals surface area contributed by atoms with Crippen LogP contribution in [-0.2, 0) is 19.1 Å². The van der Waals surface area contributed by atoms with Crippen molar-refractivity contribution >= 4 is 11.9 Å². The van der Waals surface area contributed by atoms with Crippen molar-refractivity contribution in [3.63, 3.8) is 0 Å². The Morgan fingerprint density at radius 2 is 1.14 bits per heavy atom. The molecule has 0 spiro atoms. The van der Waals surface area contributed by atoms with E-state index < -0.39 is 0 Å². The van der Waals surface area contributed by atoms with E-state index in [1.807, 2.05) is 13.1 Å². The zero-order valence-electron chi connectivity index (χ0n) is 18.9. The van der Waals surface area contributed by atoms with E-state index >= 15 is 0 Å². The fourth-order valence-corrected chi connectivity index (χ4v) is 3.12. The summed E-state index contributed by atoms with van der Waals surface area (Å²) >= 11 is 0. The van der Waals surface area contributed by atoms with Gasteiger partial charge >= 0.3 is 11.9 Å². The predicted octanol–water partition coefficient (Wildman–Crippen LogP) is 5.72. The summed E-state index contributed by atoms with van der Waals surface area (Å²) in [6.45, 7) is 5.46. The number of carbonyl (C=O) groups excluding carboxylic acids is 2. The Kier molecular flexibility index (Phi) is 21.8. The first kappa shape index (κ1) is 27.6. The van der Waals surface area contributed by atoms with Crippen LogP contribution in [0.3, 0.4) is 0 Å². The van der Waals surface area contributed by atoms with E-state index in [1.165, 1.54) is 44.9 Å². The maximum absolute atomic E-state index is 11.7. The summed E-state index contributed by atoms with van der Waals surface area (Å²) in [6.07, 6.45) is 18.7. The second-order valence-corrected chi connectivity index (χ2v) is 7.72. The number of likely N-dealkylation sites (N-methyl/N-ethyl adjacent to an activating group) is 1. The van der Waals surface area contributed by atoms with Gasteiger partial charge in [-0.2, -0.15) is 0 Å². The van der Waals surface area contributed by atoms with Gasteiger partial charge in [0.15, 0.2) is 0 Å². The smallest absolute Gasteiger partial charge is 0.305 e. The van der Waals surface area contributed by atoms with Gasteiger partial charge in [0.1, 0.15) is 6.61 Å². The lowest BCUT2D eigenvalue weighted by Gasteiger charge is -2.06. The lowest BCUT2D eigenvalue weighted by molar-refractivity contribution is -0.144. The summed E-state index contributed by atoms with van der Waals surface area (Å²) in [6, 6.07) is 0. The van der Waals surface area contributed by atoms with Gasteiger partial charge in [0.05, 0.1) is 6.61 Å². The van der Waals surface area contributed by atoms with E-state index in [-0.39, 0.29) is 11.9 Å². The molecule has 0 aromatic rings. The van der Waals surface area contributed by atoms with Gasteiger partial charge in [-0.05, 0) is 39.2 Å². The molecule has 0 saturated carbocycles. The molecule has 0 unspecified atom stereocenters. The fraction of sp³-hybridized carbons (Fsp3) is 0.833. The van der Waals surface area contributed by atoms with Gasteiger partial charge in [-0.1, -0.05) is 63.9 Å². The summed E-state index contributed by atoms with van der Waals surface area (Å²) in [5.41, 5.74) is 0. The number of hydrogen-bond acceptors (Lipinski definition) is 5. The zero-order chi connectivity index (χ0) is 21.4. The zero-order valence-corrected chi connectivity index (χ0v) is 18.9. The first-order valence-corrected chi connectivity index (χ1v) is 11.8. The van der Waals surface area contributed by atoms with Crippen LogP contribution in [0.25, 0.3) is 0 Å². The molecule has 5 heteroatoms. The summed E-state index contributed by atoms with van der Waals surface area (Å²) in [7, 11) is 1.84. The number of unbranched alkanes of at least 4 members (excludes halogenated alkanes) is 12. The average Bonchev–Trinajstić information content (AvgIpc) is 2.71. The van der Waals surface area contributed by atoms with Crippen LogP contribution in [0.4, 0.5) is 0 Å². The van der Waals surface area contributed by atoms with E-state index in [2.05, 4.69) is 11.9 Å². The third kappa shape index (κ3) is 22.8. The molecule has 0 bridgehead atoms. The molecule has 0 aromatic heterocycles. The van der Waals surface area contributed by atoms with Crippen molar-refractivity contribution in [1.82, 2.24) is 5.32 Å². The fourth-order valence-electron chi connectivity index (χ4n) is 3.12. The first-order chi connectivity index (χ1) is 14.2. The normalized spacial score (nSPS) is 10.7. The molecule has 170 valence electrons. The van der Waals surface area contributed by atoms with Gasteiger partial charge < -0.3 is 14.8 Å². The Hall–Kier alpha value is -1.36. The molecule has 0 fully saturated rings. The van der Waals surface area contributed by atoms with Crippen LogP contribution in [0.2, 0.25) is 0 Å². The Balaban J connectivity index is 3.21. The highest BCUT2D eigenvalue weighted by molar-refractivity contribution is 5.69. The highest BCUT2D eigenvalue weighted by atomic mass is 16.5. The van der Waals surface area contributed by atoms with Crippen LogP contribution in [0.1, 0.15) is 103 Å². The summed E-state index contributed by atoms with van der Waals surface area (Å²) in [5, 5.41) is 2.95. The second kappa shape index (κ2) is 22.9. The van der Waals surface area contributed by atoms with Crippen molar-refractivity contribution in [2.75, 3.05) is 26.8 Å². The molecule has 0 heterocycles. The molecular formula is C24H45NO4. The molecule has 1 N–H and O–H groups in total. The van der Waals surface area contributed by atoms with Crippen LogP contribution >= 0.6 is 0 Å². The Morgan fingerprint density at radius 1 is 0.690 bits per heavy atom. The number of ether oxygens (including phenoxy) is 2. The molecular weight excluding hydrogens is 366 g/mol. The van der Waals surface area contributed by atoms with E-state index in [0.29, 0.717) is 32.6 Å². The van der Waals surface area contributed by atoms with Crippen LogP contribution in [-0.4, -0.2) is 38.7 Å². The lowest BCUT2D eigenvalue weighted by Crippen LogP contribution is -2.17. The monoisotopic (exact) mass is 411 g/mol. The highest BCUT2D eigenvalue weighted by Gasteiger charge is 2.03. The summed E-state index contributed by atoms with van der Waals surface area (Å²) < 4.78 is 10.4. The number of hydrogen-bond donors (Lipinski definition) is 1. The highest BCUT2D eigenvalue weighted by Crippen LogP contribution is 2.11. The van der Waals surface area contributed by atoms with Crippen molar-refractivity contribution in [1.29, 1.82) is 0 Å². The van der Waals surface area contributed by atoms with Crippen LogP contribution in [0.5, 0.6) is 0 Å². The molecule has 0 aliphatic carbocycles. The summed E-state index contributed by atoms with van der Waals surface area (Å²) in [4.78, 5) is 23.1. The Bertz CT molecular complexity index is 398. The Labute approximate surface area is 179 Å². The predicted molar refractivity (Wildman–Crippen MR) is 120 cm³/mol. The number of esters is 2. The maximum Gasteiger partial charge on any atom is 0.305 e. The van der Waals surface area contributed by atoms with Gasteiger partial charge in [-0.25, -0.2) is 0 Å². The van der Waals surface area contributed by atoms with E-state index in [4.69, 9.17) is 9.47 Å². The minimum atomic E-state index is -0.0849. The number of rotatable bonds is 22. The minimum Gasteiger partial charge on any atom is -0.466 e. The quantitative estimate of drug-likeness (QED) is 0.140. The molecule has 0 amide bonds. The maximum atomic E-state index is 11.7. The minimum absolute atomic E-state index is 0.0411. The average molecular weight is 412 g/mol. The Morgan fingerprint density at radius 3 is 1.66 bits per heavy atom. The third-order valence-electron chi connectivity index (χ3n) is 4.94. The van der Waals surface area contributed by atoms with Crippen molar-refractivity contribution < 1.29 is 19.1 Å². The van der Waals surface area contributed by atoms with Gasteiger partial charge in [-0.3, -0.25) is 9.59 Å². The van der Waals surface area contributed by atoms with Crippen LogP contribution < -0.4 is 5.32 Å². The van der Waals surface area contributed by atoms with Crippen molar-refractivity contribution in [2.24, 2.45) is 0 Å². The summed E-state index contributed by atoms with van der Waals surface area (Å²) in [5.74, 6) is -0.126. The topological polar surface area (TPSA) is 64.6 Å². The standard InChI is InChI=1S/C24H45NO4/c1-3-4-5-6-9-12-15-18-23(26)28-21-17-14-11-8-7-10-13-16-19-24(27)29-22-20-25-2/h3,25H,1,4-22H2,2H3. The van der Waals surface area contributed by atoms with Gasteiger partial charge in [0.2, 0.25) is 0 Å². The molecule has 0 aliphatic heterocycles. The van der Waals surface area contributed by atoms with E-state index in [1.54, 1.807) is 0 Å². The molecule has 0 aromatic carbocycles. The molecule has 0 aliphatic rings. The largest absolute Gasteiger partial charge is 0.466 e. The van der Waals surface area contributed by atoms with Crippen molar-refractivity contribution in [3.05, 3.63) is 12.7 Å². The number of carbonyl (C=O) groups is 2. The number of nitrogens with one attached hydrogen (secondary N) is 1. The van der Waals surface area contributed by atoms with Crippen molar-refractivity contribution in [2.45, 2.75) is 103 Å². The van der Waals surface area contributed by atoms with E-state index in [0.717, 1.165) is 44.9 Å². The molecule has 0 radical (unpaired) electrons. The van der Waals surface area contributed by atoms with Crippen LogP contribution in [0.15, 0.2) is 12.7 Å². The lowest BCUT2D eigenvalue weighted by atomic mass is 10.1. The molecule has 0 atom stereocenters. The van der Waals surface area contributed by atoms with Gasteiger partial charge in [0.25, 0.3) is 0 Å². The third-order valence-corrected chi connectivity index (χ3v) is 4.94. The molecule has 0 saturated heterocycles. The van der Waals surface area contributed by atoms with Gasteiger partial charge in [0, 0.05) is 19.4 Å². The van der Waals surface area contributed by atoms with Gasteiger partial charge in [-0.15, -0.1) is 6.58 Å².